The van der Waals surface area contributed by atoms with Gasteiger partial charge < -0.3 is 5.32 Å². The van der Waals surface area contributed by atoms with Gasteiger partial charge in [-0.3, -0.25) is 9.80 Å². The Morgan fingerprint density at radius 2 is 1.53 bits per heavy atom. The van der Waals surface area contributed by atoms with Gasteiger partial charge >= 0.3 is 0 Å². The van der Waals surface area contributed by atoms with Crippen LogP contribution in [0.1, 0.15) is 45.4 Å². The summed E-state index contributed by atoms with van der Waals surface area (Å²) in [7, 11) is 0. The number of hydrogen-bond donors (Lipinski definition) is 1. The van der Waals surface area contributed by atoms with Crippen molar-refractivity contribution in [2.45, 2.75) is 57.5 Å². The van der Waals surface area contributed by atoms with Gasteiger partial charge in [-0.15, -0.1) is 0 Å². The standard InChI is InChI=1S/C16H31N3/c1-14-6-11-18(12-7-14)16-3-2-10-19(13-16)15-4-8-17-9-5-15/h14-17H,2-13H2,1H3. The zero-order valence-electron chi connectivity index (χ0n) is 12.6. The number of hydrogen-bond acceptors (Lipinski definition) is 3. The highest BCUT2D eigenvalue weighted by Crippen LogP contribution is 2.25. The third-order valence-corrected chi connectivity index (χ3v) is 5.59. The summed E-state index contributed by atoms with van der Waals surface area (Å²) in [5.74, 6) is 0.959. The highest BCUT2D eigenvalue weighted by molar-refractivity contribution is 4.87. The molecule has 3 rings (SSSR count). The second-order valence-corrected chi connectivity index (χ2v) is 6.99. The van der Waals surface area contributed by atoms with Crippen LogP contribution in [0.15, 0.2) is 0 Å². The molecular weight excluding hydrogens is 234 g/mol. The fourth-order valence-corrected chi connectivity index (χ4v) is 4.18. The van der Waals surface area contributed by atoms with E-state index in [1.54, 1.807) is 0 Å². The fraction of sp³-hybridized carbons (Fsp3) is 1.00. The molecule has 3 saturated heterocycles. The molecule has 1 unspecified atom stereocenters. The maximum absolute atomic E-state index is 3.50. The van der Waals surface area contributed by atoms with Crippen LogP contribution >= 0.6 is 0 Å². The molecule has 3 heterocycles. The van der Waals surface area contributed by atoms with Crippen molar-refractivity contribution in [1.29, 1.82) is 0 Å². The number of rotatable bonds is 2. The summed E-state index contributed by atoms with van der Waals surface area (Å²) in [4.78, 5) is 5.61. The molecule has 3 fully saturated rings. The molecule has 1 N–H and O–H groups in total. The maximum Gasteiger partial charge on any atom is 0.0223 e. The molecule has 3 nitrogen and oxygen atoms in total. The van der Waals surface area contributed by atoms with E-state index in [2.05, 4.69) is 22.0 Å². The Bertz CT molecular complexity index is 267. The minimum Gasteiger partial charge on any atom is -0.317 e. The third-order valence-electron chi connectivity index (χ3n) is 5.59. The first-order chi connectivity index (χ1) is 9.33. The van der Waals surface area contributed by atoms with Crippen molar-refractivity contribution in [2.75, 3.05) is 39.3 Å². The minimum absolute atomic E-state index is 0.858. The monoisotopic (exact) mass is 265 g/mol. The van der Waals surface area contributed by atoms with E-state index in [1.165, 1.54) is 77.8 Å². The number of piperidine rings is 3. The lowest BCUT2D eigenvalue weighted by atomic mass is 9.94. The molecule has 110 valence electrons. The first kappa shape index (κ1) is 13.8. The van der Waals surface area contributed by atoms with Gasteiger partial charge in [0.2, 0.25) is 0 Å². The molecule has 0 aliphatic carbocycles. The summed E-state index contributed by atoms with van der Waals surface area (Å²) < 4.78 is 0. The summed E-state index contributed by atoms with van der Waals surface area (Å²) in [6.07, 6.45) is 8.43. The van der Waals surface area contributed by atoms with Gasteiger partial charge in [-0.25, -0.2) is 0 Å². The molecule has 3 heteroatoms. The molecular formula is C16H31N3. The first-order valence-corrected chi connectivity index (χ1v) is 8.52. The molecule has 1 atom stereocenters. The zero-order valence-corrected chi connectivity index (χ0v) is 12.6. The second kappa shape index (κ2) is 6.55. The summed E-state index contributed by atoms with van der Waals surface area (Å²) in [6, 6.07) is 1.73. The lowest BCUT2D eigenvalue weighted by molar-refractivity contribution is 0.0442. The second-order valence-electron chi connectivity index (χ2n) is 6.99. The Labute approximate surface area is 118 Å². The number of nitrogens with one attached hydrogen (secondary N) is 1. The zero-order chi connectivity index (χ0) is 13.1. The molecule has 3 aliphatic rings. The Kier molecular flexibility index (Phi) is 4.78. The van der Waals surface area contributed by atoms with E-state index in [-0.39, 0.29) is 0 Å². The predicted octanol–water partition coefficient (Wildman–Crippen LogP) is 1.93. The van der Waals surface area contributed by atoms with Gasteiger partial charge in [-0.2, -0.15) is 0 Å². The topological polar surface area (TPSA) is 18.5 Å². The number of likely N-dealkylation sites (tertiary alicyclic amines) is 2. The van der Waals surface area contributed by atoms with Crippen molar-refractivity contribution in [3.05, 3.63) is 0 Å². The van der Waals surface area contributed by atoms with Crippen LogP contribution in [0.25, 0.3) is 0 Å². The van der Waals surface area contributed by atoms with Crippen molar-refractivity contribution in [3.8, 4) is 0 Å². The smallest absolute Gasteiger partial charge is 0.0223 e. The lowest BCUT2D eigenvalue weighted by Crippen LogP contribution is -2.54. The van der Waals surface area contributed by atoms with Crippen LogP contribution in [0.2, 0.25) is 0 Å². The van der Waals surface area contributed by atoms with Crippen molar-refractivity contribution in [1.82, 2.24) is 15.1 Å². The number of nitrogens with zero attached hydrogens (tertiary/aromatic N) is 2. The van der Waals surface area contributed by atoms with Crippen molar-refractivity contribution in [3.63, 3.8) is 0 Å². The molecule has 0 aromatic heterocycles. The van der Waals surface area contributed by atoms with E-state index in [0.717, 1.165) is 18.0 Å². The van der Waals surface area contributed by atoms with E-state index in [1.807, 2.05) is 0 Å². The van der Waals surface area contributed by atoms with Crippen LogP contribution < -0.4 is 5.32 Å². The highest BCUT2D eigenvalue weighted by Gasteiger charge is 2.31. The Balaban J connectivity index is 1.52. The average molecular weight is 265 g/mol. The quantitative estimate of drug-likeness (QED) is 0.823. The lowest BCUT2D eigenvalue weighted by Gasteiger charge is -2.45. The molecule has 0 radical (unpaired) electrons. The van der Waals surface area contributed by atoms with E-state index in [4.69, 9.17) is 0 Å². The summed E-state index contributed by atoms with van der Waals surface area (Å²) in [6.45, 7) is 10.3. The predicted molar refractivity (Wildman–Crippen MR) is 80.5 cm³/mol. The Hall–Kier alpha value is -0.120. The van der Waals surface area contributed by atoms with Gasteiger partial charge in [0, 0.05) is 18.6 Å². The van der Waals surface area contributed by atoms with Gasteiger partial charge in [-0.05, 0) is 77.2 Å². The molecule has 0 bridgehead atoms. The molecule has 19 heavy (non-hydrogen) atoms. The summed E-state index contributed by atoms with van der Waals surface area (Å²) >= 11 is 0. The van der Waals surface area contributed by atoms with Gasteiger partial charge in [0.25, 0.3) is 0 Å². The van der Waals surface area contributed by atoms with E-state index in [0.29, 0.717) is 0 Å². The fourth-order valence-electron chi connectivity index (χ4n) is 4.18. The van der Waals surface area contributed by atoms with Crippen molar-refractivity contribution in [2.24, 2.45) is 5.92 Å². The third kappa shape index (κ3) is 3.50. The van der Waals surface area contributed by atoms with Gasteiger partial charge in [0.15, 0.2) is 0 Å². The molecule has 0 amide bonds. The van der Waals surface area contributed by atoms with Crippen LogP contribution in [-0.4, -0.2) is 61.2 Å². The van der Waals surface area contributed by atoms with Crippen LogP contribution in [0.4, 0.5) is 0 Å². The summed E-state index contributed by atoms with van der Waals surface area (Å²) in [5.41, 5.74) is 0. The van der Waals surface area contributed by atoms with Crippen LogP contribution in [-0.2, 0) is 0 Å². The highest BCUT2D eigenvalue weighted by atomic mass is 15.2. The van der Waals surface area contributed by atoms with E-state index >= 15 is 0 Å². The Morgan fingerprint density at radius 3 is 2.26 bits per heavy atom. The van der Waals surface area contributed by atoms with Crippen LogP contribution in [0, 0.1) is 5.92 Å². The minimum atomic E-state index is 0.858. The summed E-state index contributed by atoms with van der Waals surface area (Å²) in [5, 5.41) is 3.50. The molecule has 0 saturated carbocycles. The van der Waals surface area contributed by atoms with E-state index < -0.39 is 0 Å². The molecule has 3 aliphatic heterocycles. The Morgan fingerprint density at radius 1 is 0.789 bits per heavy atom. The van der Waals surface area contributed by atoms with Crippen LogP contribution in [0.3, 0.4) is 0 Å². The van der Waals surface area contributed by atoms with Gasteiger partial charge in [0.1, 0.15) is 0 Å². The van der Waals surface area contributed by atoms with Crippen molar-refractivity contribution >= 4 is 0 Å². The average Bonchev–Trinajstić information content (AvgIpc) is 2.49. The van der Waals surface area contributed by atoms with Gasteiger partial charge in [-0.1, -0.05) is 6.92 Å². The first-order valence-electron chi connectivity index (χ1n) is 8.52. The largest absolute Gasteiger partial charge is 0.317 e. The van der Waals surface area contributed by atoms with E-state index in [9.17, 15) is 0 Å². The molecule has 0 aromatic rings. The molecule has 0 aromatic carbocycles. The SMILES string of the molecule is CC1CCN(C2CCCN(C3CCNCC3)C2)CC1. The normalized spacial score (nSPS) is 33.6. The molecule has 0 spiro atoms. The van der Waals surface area contributed by atoms with Crippen molar-refractivity contribution < 1.29 is 0 Å². The maximum atomic E-state index is 3.50. The van der Waals surface area contributed by atoms with Gasteiger partial charge in [0.05, 0.1) is 0 Å². The van der Waals surface area contributed by atoms with Crippen LogP contribution in [0.5, 0.6) is 0 Å².